The Morgan fingerprint density at radius 3 is 2.50 bits per heavy atom. The topological polar surface area (TPSA) is 132 Å². The van der Waals surface area contributed by atoms with Gasteiger partial charge in [-0.2, -0.15) is 4.39 Å². The maximum atomic E-state index is 13.6. The summed E-state index contributed by atoms with van der Waals surface area (Å²) in [6.07, 6.45) is 0.850. The second-order valence-corrected chi connectivity index (χ2v) is 3.20. The molecule has 0 fully saturated rings. The zero-order chi connectivity index (χ0) is 13.4. The zero-order valence-electron chi connectivity index (χ0n) is 8.42. The van der Waals surface area contributed by atoms with Crippen molar-refractivity contribution in [1.82, 2.24) is 9.97 Å². The predicted molar refractivity (Wildman–Crippen MR) is 55.6 cm³/mol. The first-order chi connectivity index (χ1) is 8.43. The number of hydrogen-bond donors (Lipinski definition) is 1. The highest BCUT2D eigenvalue weighted by Gasteiger charge is 2.31. The average molecular weight is 254 g/mol. The van der Waals surface area contributed by atoms with Crippen LogP contribution >= 0.6 is 0 Å². The molecule has 0 spiro atoms. The Hall–Kier alpha value is -2.91. The molecule has 1 aromatic heterocycles. The van der Waals surface area contributed by atoms with E-state index in [-0.39, 0.29) is 0 Å². The molecular formula is C8H3FN4O5. The summed E-state index contributed by atoms with van der Waals surface area (Å²) in [5, 5.41) is 20.9. The van der Waals surface area contributed by atoms with Crippen LogP contribution in [0.1, 0.15) is 0 Å². The standard InChI is InChI=1S/C8H3FN4O5/c9-5-4(12(15)16)1-3-6(7(5)13(17)18)10-2-11-8(3)14/h1-2H,(H,10,11,14). The van der Waals surface area contributed by atoms with Crippen molar-refractivity contribution >= 4 is 22.3 Å². The molecule has 0 bridgehead atoms. The van der Waals surface area contributed by atoms with Gasteiger partial charge >= 0.3 is 11.4 Å². The maximum absolute atomic E-state index is 13.6. The molecule has 0 aliphatic rings. The van der Waals surface area contributed by atoms with Gasteiger partial charge in [-0.3, -0.25) is 25.0 Å². The first-order valence-electron chi connectivity index (χ1n) is 4.42. The minimum Gasteiger partial charge on any atom is -0.313 e. The first-order valence-corrected chi connectivity index (χ1v) is 4.42. The number of H-pyrrole nitrogens is 1. The van der Waals surface area contributed by atoms with Crippen LogP contribution in [0.2, 0.25) is 0 Å². The molecule has 0 aliphatic heterocycles. The maximum Gasteiger partial charge on any atom is 0.338 e. The Morgan fingerprint density at radius 2 is 1.94 bits per heavy atom. The van der Waals surface area contributed by atoms with Gasteiger partial charge in [0.25, 0.3) is 11.4 Å². The lowest BCUT2D eigenvalue weighted by Crippen LogP contribution is -2.10. The summed E-state index contributed by atoms with van der Waals surface area (Å²) in [6.45, 7) is 0. The summed E-state index contributed by atoms with van der Waals surface area (Å²) >= 11 is 0. The molecule has 2 aromatic rings. The molecular weight excluding hydrogens is 251 g/mol. The fourth-order valence-electron chi connectivity index (χ4n) is 1.46. The summed E-state index contributed by atoms with van der Waals surface area (Å²) < 4.78 is 13.6. The van der Waals surface area contributed by atoms with Crippen molar-refractivity contribution in [2.75, 3.05) is 0 Å². The summed E-state index contributed by atoms with van der Waals surface area (Å²) in [6, 6.07) is 0.615. The molecule has 0 saturated carbocycles. The number of aromatic nitrogens is 2. The van der Waals surface area contributed by atoms with E-state index in [9.17, 15) is 29.4 Å². The number of rotatable bonds is 2. The van der Waals surface area contributed by atoms with Crippen molar-refractivity contribution in [3.8, 4) is 0 Å². The van der Waals surface area contributed by atoms with Gasteiger partial charge in [-0.25, -0.2) is 4.98 Å². The van der Waals surface area contributed by atoms with Crippen LogP contribution < -0.4 is 5.56 Å². The summed E-state index contributed by atoms with van der Waals surface area (Å²) in [5.74, 6) is -1.63. The van der Waals surface area contributed by atoms with Crippen molar-refractivity contribution in [3.63, 3.8) is 0 Å². The smallest absolute Gasteiger partial charge is 0.313 e. The highest BCUT2D eigenvalue weighted by molar-refractivity contribution is 5.89. The zero-order valence-corrected chi connectivity index (χ0v) is 8.42. The number of nitrogens with one attached hydrogen (secondary N) is 1. The minimum absolute atomic E-state index is 0.419. The Kier molecular flexibility index (Phi) is 2.47. The third-order valence-corrected chi connectivity index (χ3v) is 2.21. The third kappa shape index (κ3) is 1.55. The molecule has 1 heterocycles. The number of fused-ring (bicyclic) bond motifs is 1. The molecule has 0 unspecified atom stereocenters. The first kappa shape index (κ1) is 11.6. The van der Waals surface area contributed by atoms with Gasteiger partial charge in [0.05, 0.1) is 21.6 Å². The van der Waals surface area contributed by atoms with E-state index in [0.717, 1.165) is 6.33 Å². The van der Waals surface area contributed by atoms with Crippen LogP contribution in [0.3, 0.4) is 0 Å². The van der Waals surface area contributed by atoms with Crippen LogP contribution in [-0.2, 0) is 0 Å². The lowest BCUT2D eigenvalue weighted by molar-refractivity contribution is -0.398. The molecule has 0 atom stereocenters. The normalized spacial score (nSPS) is 10.5. The van der Waals surface area contributed by atoms with Crippen LogP contribution in [0, 0.1) is 26.0 Å². The van der Waals surface area contributed by atoms with Crippen LogP contribution in [0.5, 0.6) is 0 Å². The van der Waals surface area contributed by atoms with E-state index in [1.54, 1.807) is 0 Å². The van der Waals surface area contributed by atoms with Crippen molar-refractivity contribution in [2.45, 2.75) is 0 Å². The Bertz CT molecular complexity index is 740. The van der Waals surface area contributed by atoms with E-state index in [1.165, 1.54) is 0 Å². The highest BCUT2D eigenvalue weighted by atomic mass is 19.1. The van der Waals surface area contributed by atoms with Crippen LogP contribution in [0.15, 0.2) is 17.2 Å². The van der Waals surface area contributed by atoms with Gasteiger partial charge in [0.15, 0.2) is 5.52 Å². The largest absolute Gasteiger partial charge is 0.338 e. The molecule has 0 radical (unpaired) electrons. The Morgan fingerprint density at radius 1 is 1.28 bits per heavy atom. The predicted octanol–water partition coefficient (Wildman–Crippen LogP) is 0.879. The number of nitrogens with zero attached hydrogens (tertiary/aromatic N) is 3. The van der Waals surface area contributed by atoms with Crippen molar-refractivity contribution in [1.29, 1.82) is 0 Å². The molecule has 0 saturated heterocycles. The quantitative estimate of drug-likeness (QED) is 0.624. The van der Waals surface area contributed by atoms with E-state index >= 15 is 0 Å². The molecule has 92 valence electrons. The van der Waals surface area contributed by atoms with E-state index in [0.29, 0.717) is 6.07 Å². The van der Waals surface area contributed by atoms with E-state index in [4.69, 9.17) is 0 Å². The Labute approximate surface area is 96.2 Å². The number of hydrogen-bond acceptors (Lipinski definition) is 6. The monoisotopic (exact) mass is 254 g/mol. The molecule has 1 aromatic carbocycles. The fourth-order valence-corrected chi connectivity index (χ4v) is 1.46. The second kappa shape index (κ2) is 3.84. The molecule has 1 N–H and O–H groups in total. The number of aromatic amines is 1. The van der Waals surface area contributed by atoms with Gasteiger partial charge in [-0.1, -0.05) is 0 Å². The fraction of sp³-hybridized carbons (Fsp3) is 0. The molecule has 18 heavy (non-hydrogen) atoms. The molecule has 0 amide bonds. The van der Waals surface area contributed by atoms with Gasteiger partial charge in [-0.05, 0) is 0 Å². The van der Waals surface area contributed by atoms with Crippen LogP contribution in [-0.4, -0.2) is 19.8 Å². The van der Waals surface area contributed by atoms with E-state index in [2.05, 4.69) is 9.97 Å². The lowest BCUT2D eigenvalue weighted by atomic mass is 10.2. The number of benzene rings is 1. The Balaban J connectivity index is 3.07. The minimum atomic E-state index is -1.63. The molecule has 9 nitrogen and oxygen atoms in total. The van der Waals surface area contributed by atoms with Gasteiger partial charge in [0, 0.05) is 6.07 Å². The van der Waals surface area contributed by atoms with Crippen LogP contribution in [0.25, 0.3) is 10.9 Å². The van der Waals surface area contributed by atoms with Crippen LogP contribution in [0.4, 0.5) is 15.8 Å². The number of halogens is 1. The van der Waals surface area contributed by atoms with Gasteiger partial charge in [0.1, 0.15) is 0 Å². The summed E-state index contributed by atoms with van der Waals surface area (Å²) in [4.78, 5) is 35.9. The second-order valence-electron chi connectivity index (χ2n) is 3.20. The van der Waals surface area contributed by atoms with Gasteiger partial charge in [0.2, 0.25) is 0 Å². The number of nitro benzene ring substituents is 2. The molecule has 0 aliphatic carbocycles. The molecule has 2 rings (SSSR count). The highest BCUT2D eigenvalue weighted by Crippen LogP contribution is 2.32. The number of nitro groups is 2. The SMILES string of the molecule is O=c1[nH]cnc2c([N+](=O)[O-])c(F)c([N+](=O)[O-])cc12. The van der Waals surface area contributed by atoms with Gasteiger partial charge in [-0.15, -0.1) is 0 Å². The van der Waals surface area contributed by atoms with Gasteiger partial charge < -0.3 is 4.98 Å². The lowest BCUT2D eigenvalue weighted by Gasteiger charge is -2.00. The van der Waals surface area contributed by atoms with Crippen molar-refractivity contribution in [2.24, 2.45) is 0 Å². The summed E-state index contributed by atoms with van der Waals surface area (Å²) in [5.41, 5.74) is -3.70. The summed E-state index contributed by atoms with van der Waals surface area (Å²) in [7, 11) is 0. The van der Waals surface area contributed by atoms with E-state index < -0.39 is 43.5 Å². The third-order valence-electron chi connectivity index (χ3n) is 2.21. The average Bonchev–Trinajstić information content (AvgIpc) is 2.27. The van der Waals surface area contributed by atoms with Crippen molar-refractivity contribution < 1.29 is 14.2 Å². The van der Waals surface area contributed by atoms with E-state index in [1.807, 2.05) is 0 Å². The van der Waals surface area contributed by atoms with Crippen molar-refractivity contribution in [3.05, 3.63) is 48.8 Å². The molecule has 10 heteroatoms.